The van der Waals surface area contributed by atoms with Gasteiger partial charge in [-0.15, -0.1) is 0 Å². The fourth-order valence-electron chi connectivity index (χ4n) is 3.54. The molecule has 0 amide bonds. The topological polar surface area (TPSA) is 33.1 Å². The van der Waals surface area contributed by atoms with Gasteiger partial charge in [-0.3, -0.25) is 0 Å². The van der Waals surface area contributed by atoms with E-state index in [0.717, 1.165) is 19.6 Å². The Bertz CT molecular complexity index is 395. The second-order valence-electron chi connectivity index (χ2n) is 6.13. The standard InChI is InChI=1S/C15H26N4/c1-18-9-3-2-4-14(18)11-19-12-17-10-15(19)13-5-7-16-8-6-13/h10,12-14,16H,2-9,11H2,1H3. The monoisotopic (exact) mass is 262 g/mol. The molecule has 1 aromatic heterocycles. The van der Waals surface area contributed by atoms with Gasteiger partial charge in [0.2, 0.25) is 0 Å². The smallest absolute Gasteiger partial charge is 0.0948 e. The van der Waals surface area contributed by atoms with Crippen molar-refractivity contribution < 1.29 is 0 Å². The van der Waals surface area contributed by atoms with Gasteiger partial charge in [-0.2, -0.15) is 0 Å². The third-order valence-corrected chi connectivity index (χ3v) is 4.83. The summed E-state index contributed by atoms with van der Waals surface area (Å²) in [5.41, 5.74) is 1.46. The molecule has 0 saturated carbocycles. The maximum absolute atomic E-state index is 4.41. The summed E-state index contributed by atoms with van der Waals surface area (Å²) in [4.78, 5) is 6.94. The van der Waals surface area contributed by atoms with Crippen molar-refractivity contribution >= 4 is 0 Å². The summed E-state index contributed by atoms with van der Waals surface area (Å²) < 4.78 is 2.42. The van der Waals surface area contributed by atoms with E-state index in [-0.39, 0.29) is 0 Å². The molecule has 0 aromatic carbocycles. The highest BCUT2D eigenvalue weighted by Gasteiger charge is 2.23. The molecule has 0 radical (unpaired) electrons. The van der Waals surface area contributed by atoms with Gasteiger partial charge in [-0.1, -0.05) is 6.42 Å². The number of hydrogen-bond donors (Lipinski definition) is 1. The molecule has 4 nitrogen and oxygen atoms in total. The van der Waals surface area contributed by atoms with E-state index in [2.05, 4.69) is 33.0 Å². The molecular weight excluding hydrogens is 236 g/mol. The molecule has 0 aliphatic carbocycles. The van der Waals surface area contributed by atoms with Crippen LogP contribution in [0.3, 0.4) is 0 Å². The fourth-order valence-corrected chi connectivity index (χ4v) is 3.54. The first-order valence-electron chi connectivity index (χ1n) is 7.75. The van der Waals surface area contributed by atoms with E-state index in [1.807, 2.05) is 6.33 Å². The van der Waals surface area contributed by atoms with Crippen LogP contribution in [0.4, 0.5) is 0 Å². The van der Waals surface area contributed by atoms with Crippen LogP contribution in [0, 0.1) is 0 Å². The number of imidazole rings is 1. The Kier molecular flexibility index (Phi) is 4.18. The lowest BCUT2D eigenvalue weighted by molar-refractivity contribution is 0.166. The molecule has 2 aliphatic heterocycles. The number of nitrogens with zero attached hydrogens (tertiary/aromatic N) is 3. The van der Waals surface area contributed by atoms with Crippen LogP contribution in [-0.4, -0.2) is 47.2 Å². The Hall–Kier alpha value is -0.870. The first kappa shape index (κ1) is 13.1. The average Bonchev–Trinajstić information content (AvgIpc) is 2.91. The summed E-state index contributed by atoms with van der Waals surface area (Å²) in [6.45, 7) is 4.68. The summed E-state index contributed by atoms with van der Waals surface area (Å²) in [5.74, 6) is 0.706. The molecule has 4 heteroatoms. The highest BCUT2D eigenvalue weighted by atomic mass is 15.2. The minimum atomic E-state index is 0.698. The quantitative estimate of drug-likeness (QED) is 0.902. The Balaban J connectivity index is 1.68. The van der Waals surface area contributed by atoms with Crippen molar-refractivity contribution in [2.45, 2.75) is 50.6 Å². The summed E-state index contributed by atoms with van der Waals surface area (Å²) in [7, 11) is 2.27. The van der Waals surface area contributed by atoms with E-state index in [0.29, 0.717) is 12.0 Å². The first-order valence-corrected chi connectivity index (χ1v) is 7.75. The van der Waals surface area contributed by atoms with E-state index in [1.54, 1.807) is 0 Å². The Morgan fingerprint density at radius 2 is 2.11 bits per heavy atom. The SMILES string of the molecule is CN1CCCCC1Cn1cncc1C1CCNCC1. The van der Waals surface area contributed by atoms with Gasteiger partial charge in [0, 0.05) is 30.4 Å². The molecule has 0 spiro atoms. The van der Waals surface area contributed by atoms with Gasteiger partial charge >= 0.3 is 0 Å². The van der Waals surface area contributed by atoms with Gasteiger partial charge in [0.15, 0.2) is 0 Å². The number of likely N-dealkylation sites (tertiary alicyclic amines) is 1. The van der Waals surface area contributed by atoms with Crippen LogP contribution in [0.25, 0.3) is 0 Å². The zero-order valence-corrected chi connectivity index (χ0v) is 12.0. The van der Waals surface area contributed by atoms with Gasteiger partial charge in [-0.25, -0.2) is 4.98 Å². The number of likely N-dealkylation sites (N-methyl/N-ethyl adjacent to an activating group) is 1. The maximum Gasteiger partial charge on any atom is 0.0948 e. The Morgan fingerprint density at radius 3 is 2.89 bits per heavy atom. The summed E-state index contributed by atoms with van der Waals surface area (Å²) in [5, 5.41) is 3.45. The minimum absolute atomic E-state index is 0.698. The van der Waals surface area contributed by atoms with Crippen molar-refractivity contribution in [3.8, 4) is 0 Å². The number of nitrogens with one attached hydrogen (secondary N) is 1. The second-order valence-corrected chi connectivity index (χ2v) is 6.13. The van der Waals surface area contributed by atoms with Crippen molar-refractivity contribution in [3.63, 3.8) is 0 Å². The van der Waals surface area contributed by atoms with Gasteiger partial charge in [0.1, 0.15) is 0 Å². The number of piperidine rings is 2. The molecule has 2 aliphatic rings. The molecule has 1 aromatic rings. The number of hydrogen-bond acceptors (Lipinski definition) is 3. The van der Waals surface area contributed by atoms with Crippen molar-refractivity contribution in [2.75, 3.05) is 26.7 Å². The van der Waals surface area contributed by atoms with Crippen LogP contribution in [-0.2, 0) is 6.54 Å². The largest absolute Gasteiger partial charge is 0.333 e. The molecule has 3 heterocycles. The maximum atomic E-state index is 4.41. The predicted octanol–water partition coefficient (Wildman–Crippen LogP) is 1.83. The van der Waals surface area contributed by atoms with Crippen LogP contribution >= 0.6 is 0 Å². The second kappa shape index (κ2) is 6.06. The highest BCUT2D eigenvalue weighted by Crippen LogP contribution is 2.26. The molecule has 1 N–H and O–H groups in total. The minimum Gasteiger partial charge on any atom is -0.333 e. The lowest BCUT2D eigenvalue weighted by Crippen LogP contribution is -2.39. The fraction of sp³-hybridized carbons (Fsp3) is 0.800. The van der Waals surface area contributed by atoms with Crippen LogP contribution in [0.5, 0.6) is 0 Å². The van der Waals surface area contributed by atoms with E-state index in [9.17, 15) is 0 Å². The van der Waals surface area contributed by atoms with Crippen LogP contribution in [0.15, 0.2) is 12.5 Å². The summed E-state index contributed by atoms with van der Waals surface area (Å²) in [6, 6.07) is 0.698. The lowest BCUT2D eigenvalue weighted by Gasteiger charge is -2.33. The predicted molar refractivity (Wildman–Crippen MR) is 77.3 cm³/mol. The van der Waals surface area contributed by atoms with Crippen LogP contribution in [0.1, 0.15) is 43.7 Å². The molecule has 1 atom stereocenters. The van der Waals surface area contributed by atoms with Crippen molar-refractivity contribution in [1.29, 1.82) is 0 Å². The Labute approximate surface area is 116 Å². The van der Waals surface area contributed by atoms with E-state index < -0.39 is 0 Å². The van der Waals surface area contributed by atoms with E-state index >= 15 is 0 Å². The van der Waals surface area contributed by atoms with Crippen molar-refractivity contribution in [2.24, 2.45) is 0 Å². The number of rotatable bonds is 3. The first-order chi connectivity index (χ1) is 9.34. The van der Waals surface area contributed by atoms with Gasteiger partial charge in [-0.05, 0) is 52.4 Å². The van der Waals surface area contributed by atoms with E-state index in [4.69, 9.17) is 0 Å². The molecule has 2 fully saturated rings. The van der Waals surface area contributed by atoms with E-state index in [1.165, 1.54) is 44.3 Å². The van der Waals surface area contributed by atoms with Gasteiger partial charge in [0.05, 0.1) is 6.33 Å². The van der Waals surface area contributed by atoms with Crippen LogP contribution in [0.2, 0.25) is 0 Å². The third-order valence-electron chi connectivity index (χ3n) is 4.83. The lowest BCUT2D eigenvalue weighted by atomic mass is 9.94. The Morgan fingerprint density at radius 1 is 1.26 bits per heavy atom. The molecule has 106 valence electrons. The molecule has 0 bridgehead atoms. The van der Waals surface area contributed by atoms with Crippen molar-refractivity contribution in [1.82, 2.24) is 19.8 Å². The van der Waals surface area contributed by atoms with Crippen molar-refractivity contribution in [3.05, 3.63) is 18.2 Å². The zero-order valence-electron chi connectivity index (χ0n) is 12.0. The normalized spacial score (nSPS) is 26.7. The summed E-state index contributed by atoms with van der Waals surface area (Å²) >= 11 is 0. The van der Waals surface area contributed by atoms with Gasteiger partial charge < -0.3 is 14.8 Å². The third kappa shape index (κ3) is 3.00. The van der Waals surface area contributed by atoms with Gasteiger partial charge in [0.25, 0.3) is 0 Å². The highest BCUT2D eigenvalue weighted by molar-refractivity contribution is 5.08. The molecular formula is C15H26N4. The molecule has 1 unspecified atom stereocenters. The average molecular weight is 262 g/mol. The zero-order chi connectivity index (χ0) is 13.1. The molecule has 3 rings (SSSR count). The summed E-state index contributed by atoms with van der Waals surface area (Å²) in [6.07, 6.45) is 10.7. The molecule has 19 heavy (non-hydrogen) atoms. The number of aromatic nitrogens is 2. The molecule has 2 saturated heterocycles. The van der Waals surface area contributed by atoms with Crippen LogP contribution < -0.4 is 5.32 Å².